The SMILES string of the molecule is Cc1ccc(Nc2nc(Nc3cccc(C(F)(F)F)c3)nc3c2C(=O)CC(C)C3)cc1C. The van der Waals surface area contributed by atoms with Gasteiger partial charge in [-0.2, -0.15) is 18.2 Å². The third-order valence-corrected chi connectivity index (χ3v) is 5.55. The van der Waals surface area contributed by atoms with Gasteiger partial charge in [0.2, 0.25) is 5.95 Å². The molecule has 4 rings (SSSR count). The Labute approximate surface area is 184 Å². The number of fused-ring (bicyclic) bond motifs is 1. The molecule has 0 fully saturated rings. The number of hydrogen-bond donors (Lipinski definition) is 2. The molecule has 1 aromatic heterocycles. The Balaban J connectivity index is 1.74. The molecule has 1 heterocycles. The van der Waals surface area contributed by atoms with Crippen molar-refractivity contribution in [2.75, 3.05) is 10.6 Å². The van der Waals surface area contributed by atoms with Gasteiger partial charge in [0.1, 0.15) is 5.82 Å². The molecular weight excluding hydrogens is 417 g/mol. The molecule has 0 radical (unpaired) electrons. The zero-order valence-corrected chi connectivity index (χ0v) is 18.0. The maximum Gasteiger partial charge on any atom is 0.416 e. The number of ketones is 1. The fourth-order valence-corrected chi connectivity index (χ4v) is 3.77. The first-order chi connectivity index (χ1) is 15.1. The van der Waals surface area contributed by atoms with Crippen LogP contribution in [0.4, 0.5) is 36.3 Å². The van der Waals surface area contributed by atoms with E-state index in [4.69, 9.17) is 0 Å². The van der Waals surface area contributed by atoms with Crippen molar-refractivity contribution in [1.29, 1.82) is 0 Å². The monoisotopic (exact) mass is 440 g/mol. The Kier molecular flexibility index (Phi) is 5.62. The first-order valence-corrected chi connectivity index (χ1v) is 10.3. The van der Waals surface area contributed by atoms with Crippen LogP contribution >= 0.6 is 0 Å². The van der Waals surface area contributed by atoms with Gasteiger partial charge in [0.05, 0.1) is 16.8 Å². The van der Waals surface area contributed by atoms with Crippen molar-refractivity contribution in [3.05, 3.63) is 70.4 Å². The summed E-state index contributed by atoms with van der Waals surface area (Å²) in [6.07, 6.45) is -3.47. The predicted octanol–water partition coefficient (Wildman–Crippen LogP) is 6.36. The van der Waals surface area contributed by atoms with Crippen molar-refractivity contribution in [2.45, 2.75) is 39.8 Å². The lowest BCUT2D eigenvalue weighted by Crippen LogP contribution is -2.22. The number of benzene rings is 2. The van der Waals surface area contributed by atoms with Crippen LogP contribution in [0.5, 0.6) is 0 Å². The minimum Gasteiger partial charge on any atom is -0.339 e. The van der Waals surface area contributed by atoms with Crippen molar-refractivity contribution in [2.24, 2.45) is 5.92 Å². The molecule has 3 aromatic rings. The number of alkyl halides is 3. The van der Waals surface area contributed by atoms with Crippen LogP contribution in [-0.4, -0.2) is 15.8 Å². The number of Topliss-reactive ketones (excluding diaryl/α,β-unsaturated/α-hetero) is 1. The van der Waals surface area contributed by atoms with Gasteiger partial charge in [-0.15, -0.1) is 0 Å². The molecule has 0 amide bonds. The average Bonchev–Trinajstić information content (AvgIpc) is 2.69. The number of anilines is 4. The number of halogens is 3. The first kappa shape index (κ1) is 21.8. The zero-order chi connectivity index (χ0) is 23.0. The van der Waals surface area contributed by atoms with Crippen molar-refractivity contribution in [3.8, 4) is 0 Å². The van der Waals surface area contributed by atoms with E-state index in [2.05, 4.69) is 20.6 Å². The van der Waals surface area contributed by atoms with Crippen LogP contribution in [-0.2, 0) is 12.6 Å². The standard InChI is InChI=1S/C24H23F3N4O/c1-13-9-19-21(20(32)10-13)22(28-18-8-7-14(2)15(3)11-18)31-23(30-19)29-17-6-4-5-16(12-17)24(25,26)27/h4-8,11-13H,9-10H2,1-3H3,(H2,28,29,30,31). The summed E-state index contributed by atoms with van der Waals surface area (Å²) in [5.74, 6) is 0.567. The smallest absolute Gasteiger partial charge is 0.339 e. The molecule has 1 unspecified atom stereocenters. The molecule has 5 nitrogen and oxygen atoms in total. The lowest BCUT2D eigenvalue weighted by molar-refractivity contribution is -0.137. The highest BCUT2D eigenvalue weighted by molar-refractivity contribution is 6.03. The van der Waals surface area contributed by atoms with Gasteiger partial charge in [0.15, 0.2) is 5.78 Å². The van der Waals surface area contributed by atoms with Gasteiger partial charge in [-0.05, 0) is 67.6 Å². The summed E-state index contributed by atoms with van der Waals surface area (Å²) in [5.41, 5.74) is 3.47. The molecule has 32 heavy (non-hydrogen) atoms. The summed E-state index contributed by atoms with van der Waals surface area (Å²) in [7, 11) is 0. The summed E-state index contributed by atoms with van der Waals surface area (Å²) in [6, 6.07) is 10.7. The number of carbonyl (C=O) groups excluding carboxylic acids is 1. The average molecular weight is 440 g/mol. The van der Waals surface area contributed by atoms with E-state index in [1.54, 1.807) is 0 Å². The molecular formula is C24H23F3N4O. The highest BCUT2D eigenvalue weighted by Gasteiger charge is 2.31. The molecule has 0 saturated heterocycles. The van der Waals surface area contributed by atoms with Crippen LogP contribution in [0.3, 0.4) is 0 Å². The number of aryl methyl sites for hydroxylation is 2. The summed E-state index contributed by atoms with van der Waals surface area (Å²) in [5, 5.41) is 6.08. The van der Waals surface area contributed by atoms with Gasteiger partial charge in [-0.1, -0.05) is 19.1 Å². The van der Waals surface area contributed by atoms with Gasteiger partial charge in [-0.25, -0.2) is 4.98 Å². The summed E-state index contributed by atoms with van der Waals surface area (Å²) in [4.78, 5) is 21.7. The fourth-order valence-electron chi connectivity index (χ4n) is 3.77. The predicted molar refractivity (Wildman–Crippen MR) is 118 cm³/mol. The second kappa shape index (κ2) is 8.26. The number of aromatic nitrogens is 2. The van der Waals surface area contributed by atoms with Crippen molar-refractivity contribution < 1.29 is 18.0 Å². The molecule has 1 aliphatic carbocycles. The van der Waals surface area contributed by atoms with E-state index >= 15 is 0 Å². The van der Waals surface area contributed by atoms with E-state index in [0.717, 1.165) is 28.9 Å². The van der Waals surface area contributed by atoms with Gasteiger partial charge < -0.3 is 10.6 Å². The maximum absolute atomic E-state index is 13.1. The van der Waals surface area contributed by atoms with Crippen LogP contribution in [0.2, 0.25) is 0 Å². The summed E-state index contributed by atoms with van der Waals surface area (Å²) in [6.45, 7) is 5.97. The van der Waals surface area contributed by atoms with Gasteiger partial charge in [-0.3, -0.25) is 4.79 Å². The van der Waals surface area contributed by atoms with E-state index in [1.807, 2.05) is 39.0 Å². The lowest BCUT2D eigenvalue weighted by atomic mass is 9.87. The quantitative estimate of drug-likeness (QED) is 0.494. The van der Waals surface area contributed by atoms with Crippen LogP contribution in [0.15, 0.2) is 42.5 Å². The van der Waals surface area contributed by atoms with Crippen molar-refractivity contribution >= 4 is 28.9 Å². The molecule has 0 bridgehead atoms. The Morgan fingerprint density at radius 3 is 2.41 bits per heavy atom. The van der Waals surface area contributed by atoms with Gasteiger partial charge in [0.25, 0.3) is 0 Å². The Bertz CT molecular complexity index is 1190. The maximum atomic E-state index is 13.1. The van der Waals surface area contributed by atoms with E-state index in [9.17, 15) is 18.0 Å². The molecule has 2 N–H and O–H groups in total. The highest BCUT2D eigenvalue weighted by Crippen LogP contribution is 2.34. The topological polar surface area (TPSA) is 66.9 Å². The van der Waals surface area contributed by atoms with Crippen LogP contribution in [0.25, 0.3) is 0 Å². The summed E-state index contributed by atoms with van der Waals surface area (Å²) >= 11 is 0. The van der Waals surface area contributed by atoms with Crippen molar-refractivity contribution in [3.63, 3.8) is 0 Å². The number of hydrogen-bond acceptors (Lipinski definition) is 5. The molecule has 0 saturated carbocycles. The second-order valence-electron chi connectivity index (χ2n) is 8.28. The molecule has 2 aromatic carbocycles. The Morgan fingerprint density at radius 1 is 0.938 bits per heavy atom. The largest absolute Gasteiger partial charge is 0.416 e. The van der Waals surface area contributed by atoms with E-state index < -0.39 is 11.7 Å². The first-order valence-electron chi connectivity index (χ1n) is 10.3. The third-order valence-electron chi connectivity index (χ3n) is 5.55. The number of nitrogens with one attached hydrogen (secondary N) is 2. The van der Waals surface area contributed by atoms with Crippen LogP contribution < -0.4 is 10.6 Å². The number of carbonyl (C=O) groups is 1. The van der Waals surface area contributed by atoms with Crippen molar-refractivity contribution in [1.82, 2.24) is 9.97 Å². The number of nitrogens with zero attached hydrogens (tertiary/aromatic N) is 2. The molecule has 1 atom stereocenters. The lowest BCUT2D eigenvalue weighted by Gasteiger charge is -2.23. The minimum atomic E-state index is -4.45. The summed E-state index contributed by atoms with van der Waals surface area (Å²) < 4.78 is 39.2. The van der Waals surface area contributed by atoms with E-state index in [-0.39, 0.29) is 23.3 Å². The van der Waals surface area contributed by atoms with E-state index in [1.165, 1.54) is 12.1 Å². The molecule has 1 aliphatic rings. The van der Waals surface area contributed by atoms with Gasteiger partial charge in [0, 0.05) is 17.8 Å². The third kappa shape index (κ3) is 4.59. The highest BCUT2D eigenvalue weighted by atomic mass is 19.4. The second-order valence-corrected chi connectivity index (χ2v) is 8.28. The van der Waals surface area contributed by atoms with Crippen LogP contribution in [0.1, 0.15) is 46.1 Å². The molecule has 166 valence electrons. The number of rotatable bonds is 4. The minimum absolute atomic E-state index is 0.0456. The van der Waals surface area contributed by atoms with Crippen LogP contribution in [0, 0.1) is 19.8 Å². The molecule has 8 heteroatoms. The Hall–Kier alpha value is -3.42. The van der Waals surface area contributed by atoms with Gasteiger partial charge >= 0.3 is 6.18 Å². The normalized spacial score (nSPS) is 15.9. The zero-order valence-electron chi connectivity index (χ0n) is 18.0. The Morgan fingerprint density at radius 2 is 1.69 bits per heavy atom. The molecule has 0 aliphatic heterocycles. The molecule has 0 spiro atoms. The fraction of sp³-hybridized carbons (Fsp3) is 0.292. The van der Waals surface area contributed by atoms with E-state index in [0.29, 0.717) is 29.9 Å².